The third kappa shape index (κ3) is 6.11. The predicted octanol–water partition coefficient (Wildman–Crippen LogP) is 3.92. The summed E-state index contributed by atoms with van der Waals surface area (Å²) >= 11 is 5.91. The van der Waals surface area contributed by atoms with E-state index in [1.165, 1.54) is 23.1 Å². The number of benzene rings is 2. The summed E-state index contributed by atoms with van der Waals surface area (Å²) in [5.74, 6) is -1.33. The Balaban J connectivity index is 1.66. The first kappa shape index (κ1) is 24.7. The van der Waals surface area contributed by atoms with Gasteiger partial charge in [-0.25, -0.2) is 4.39 Å². The Labute approximate surface area is 198 Å². The minimum atomic E-state index is -0.662. The fraction of sp³-hybridized carbons (Fsp3) is 0.400. The molecule has 0 saturated carbocycles. The molecule has 1 N–H and O–H groups in total. The van der Waals surface area contributed by atoms with E-state index in [9.17, 15) is 18.8 Å². The molecule has 0 bridgehead atoms. The summed E-state index contributed by atoms with van der Waals surface area (Å²) in [7, 11) is 0. The highest BCUT2D eigenvalue weighted by atomic mass is 35.5. The lowest BCUT2D eigenvalue weighted by atomic mass is 10.0. The Morgan fingerprint density at radius 1 is 1.00 bits per heavy atom. The Morgan fingerprint density at radius 3 is 2.27 bits per heavy atom. The summed E-state index contributed by atoms with van der Waals surface area (Å²) < 4.78 is 14.1. The number of carbonyl (C=O) groups is 3. The molecule has 1 aliphatic heterocycles. The first-order chi connectivity index (χ1) is 15.7. The smallest absolute Gasteiger partial charge is 0.257 e. The van der Waals surface area contributed by atoms with Crippen LogP contribution in [0.2, 0.25) is 5.02 Å². The Morgan fingerprint density at radius 2 is 1.64 bits per heavy atom. The van der Waals surface area contributed by atoms with Gasteiger partial charge in [0.15, 0.2) is 0 Å². The molecule has 0 spiro atoms. The van der Waals surface area contributed by atoms with Gasteiger partial charge in [0.05, 0.1) is 5.56 Å². The molecule has 1 saturated heterocycles. The largest absolute Gasteiger partial charge is 0.340 e. The molecule has 0 radical (unpaired) electrons. The molecule has 1 unspecified atom stereocenters. The third-order valence-electron chi connectivity index (χ3n) is 5.74. The maximum Gasteiger partial charge on any atom is 0.257 e. The van der Waals surface area contributed by atoms with Gasteiger partial charge in [-0.15, -0.1) is 0 Å². The lowest BCUT2D eigenvalue weighted by molar-refractivity contribution is -0.135. The van der Waals surface area contributed by atoms with E-state index in [1.807, 2.05) is 32.9 Å². The van der Waals surface area contributed by atoms with E-state index in [-0.39, 0.29) is 41.4 Å². The van der Waals surface area contributed by atoms with Crippen LogP contribution in [0.1, 0.15) is 46.5 Å². The van der Waals surface area contributed by atoms with Crippen LogP contribution in [0, 0.1) is 18.7 Å². The van der Waals surface area contributed by atoms with E-state index in [1.54, 1.807) is 17.0 Å². The Hall–Kier alpha value is -2.93. The summed E-state index contributed by atoms with van der Waals surface area (Å²) in [5, 5.41) is 3.19. The minimum absolute atomic E-state index is 0.0783. The number of halogens is 2. The SMILES string of the molecule is Cc1ccccc1C(=O)NC(CC(C)C)C(=O)N1CCN(C(=O)c2cc(Cl)ccc2F)CC1. The quantitative estimate of drug-likeness (QED) is 0.691. The summed E-state index contributed by atoms with van der Waals surface area (Å²) in [6.07, 6.45) is 0.503. The van der Waals surface area contributed by atoms with Crippen LogP contribution in [0.4, 0.5) is 4.39 Å². The molecule has 1 aliphatic rings. The van der Waals surface area contributed by atoms with Crippen molar-refractivity contribution in [2.24, 2.45) is 5.92 Å². The highest BCUT2D eigenvalue weighted by Gasteiger charge is 2.31. The second kappa shape index (κ2) is 10.8. The summed E-state index contributed by atoms with van der Waals surface area (Å²) in [6.45, 7) is 7.01. The number of hydrogen-bond acceptors (Lipinski definition) is 3. The molecular formula is C25H29ClFN3O3. The van der Waals surface area contributed by atoms with Crippen LogP contribution in [0.3, 0.4) is 0 Å². The van der Waals surface area contributed by atoms with Gasteiger partial charge in [0.2, 0.25) is 5.91 Å². The normalized spacial score (nSPS) is 14.8. The van der Waals surface area contributed by atoms with Crippen molar-refractivity contribution in [3.8, 4) is 0 Å². The van der Waals surface area contributed by atoms with E-state index < -0.39 is 17.8 Å². The second-order valence-electron chi connectivity index (χ2n) is 8.71. The number of amides is 3. The maximum absolute atomic E-state index is 14.1. The van der Waals surface area contributed by atoms with Gasteiger partial charge in [0, 0.05) is 36.8 Å². The van der Waals surface area contributed by atoms with Gasteiger partial charge in [-0.1, -0.05) is 43.6 Å². The van der Waals surface area contributed by atoms with Crippen LogP contribution in [-0.2, 0) is 4.79 Å². The summed E-state index contributed by atoms with van der Waals surface area (Å²) in [6, 6.07) is 10.5. The van der Waals surface area contributed by atoms with Crippen molar-refractivity contribution in [1.29, 1.82) is 0 Å². The molecule has 176 valence electrons. The first-order valence-electron chi connectivity index (χ1n) is 11.1. The number of aryl methyl sites for hydroxylation is 1. The van der Waals surface area contributed by atoms with Crippen LogP contribution >= 0.6 is 11.6 Å². The van der Waals surface area contributed by atoms with Gasteiger partial charge in [0.25, 0.3) is 11.8 Å². The van der Waals surface area contributed by atoms with E-state index in [0.717, 1.165) is 5.56 Å². The average molecular weight is 474 g/mol. The van der Waals surface area contributed by atoms with E-state index in [4.69, 9.17) is 11.6 Å². The zero-order valence-electron chi connectivity index (χ0n) is 19.1. The Kier molecular flexibility index (Phi) is 8.08. The van der Waals surface area contributed by atoms with Gasteiger partial charge < -0.3 is 15.1 Å². The number of rotatable bonds is 6. The number of carbonyl (C=O) groups excluding carboxylic acids is 3. The zero-order chi connectivity index (χ0) is 24.1. The van der Waals surface area contributed by atoms with Crippen molar-refractivity contribution >= 4 is 29.3 Å². The number of nitrogens with zero attached hydrogens (tertiary/aromatic N) is 2. The van der Waals surface area contributed by atoms with E-state index in [0.29, 0.717) is 25.1 Å². The van der Waals surface area contributed by atoms with Crippen molar-refractivity contribution in [2.45, 2.75) is 33.2 Å². The number of hydrogen-bond donors (Lipinski definition) is 1. The highest BCUT2D eigenvalue weighted by Crippen LogP contribution is 2.19. The van der Waals surface area contributed by atoms with Crippen molar-refractivity contribution in [3.63, 3.8) is 0 Å². The molecule has 0 aromatic heterocycles. The molecule has 1 atom stereocenters. The van der Waals surface area contributed by atoms with Gasteiger partial charge >= 0.3 is 0 Å². The fourth-order valence-electron chi connectivity index (χ4n) is 3.94. The highest BCUT2D eigenvalue weighted by molar-refractivity contribution is 6.31. The molecular weight excluding hydrogens is 445 g/mol. The molecule has 2 aromatic carbocycles. The lowest BCUT2D eigenvalue weighted by Gasteiger charge is -2.37. The molecule has 1 fully saturated rings. The standard InChI is InChI=1S/C25H29ClFN3O3/c1-16(2)14-22(28-23(31)19-7-5-4-6-17(19)3)25(33)30-12-10-29(11-13-30)24(32)20-15-18(26)8-9-21(20)27/h4-9,15-16,22H,10-14H2,1-3H3,(H,28,31). The molecule has 3 rings (SSSR count). The molecule has 2 aromatic rings. The van der Waals surface area contributed by atoms with Crippen molar-refractivity contribution in [1.82, 2.24) is 15.1 Å². The van der Waals surface area contributed by atoms with Gasteiger partial charge in [-0.2, -0.15) is 0 Å². The number of nitrogens with one attached hydrogen (secondary N) is 1. The average Bonchev–Trinajstić information content (AvgIpc) is 2.79. The van der Waals surface area contributed by atoms with Crippen LogP contribution in [0.5, 0.6) is 0 Å². The zero-order valence-corrected chi connectivity index (χ0v) is 19.9. The van der Waals surface area contributed by atoms with Crippen LogP contribution in [0.25, 0.3) is 0 Å². The summed E-state index contributed by atoms with van der Waals surface area (Å²) in [5.41, 5.74) is 1.30. The molecule has 33 heavy (non-hydrogen) atoms. The monoisotopic (exact) mass is 473 g/mol. The summed E-state index contributed by atoms with van der Waals surface area (Å²) in [4.78, 5) is 42.0. The maximum atomic E-state index is 14.1. The molecule has 1 heterocycles. The minimum Gasteiger partial charge on any atom is -0.340 e. The lowest BCUT2D eigenvalue weighted by Crippen LogP contribution is -2.56. The topological polar surface area (TPSA) is 69.7 Å². The van der Waals surface area contributed by atoms with E-state index in [2.05, 4.69) is 5.32 Å². The van der Waals surface area contributed by atoms with Gasteiger partial charge in [-0.3, -0.25) is 14.4 Å². The van der Waals surface area contributed by atoms with Gasteiger partial charge in [-0.05, 0) is 49.1 Å². The third-order valence-corrected chi connectivity index (χ3v) is 5.97. The fourth-order valence-corrected chi connectivity index (χ4v) is 4.11. The van der Waals surface area contributed by atoms with Crippen LogP contribution in [-0.4, -0.2) is 59.7 Å². The van der Waals surface area contributed by atoms with Crippen molar-refractivity contribution < 1.29 is 18.8 Å². The van der Waals surface area contributed by atoms with E-state index >= 15 is 0 Å². The molecule has 3 amide bonds. The van der Waals surface area contributed by atoms with Crippen LogP contribution in [0.15, 0.2) is 42.5 Å². The molecule has 0 aliphatic carbocycles. The first-order valence-corrected chi connectivity index (χ1v) is 11.4. The van der Waals surface area contributed by atoms with Crippen LogP contribution < -0.4 is 5.32 Å². The van der Waals surface area contributed by atoms with Crippen molar-refractivity contribution in [3.05, 3.63) is 70.0 Å². The molecule has 6 nitrogen and oxygen atoms in total. The van der Waals surface area contributed by atoms with Gasteiger partial charge in [0.1, 0.15) is 11.9 Å². The molecule has 8 heteroatoms. The Bertz CT molecular complexity index is 1040. The second-order valence-corrected chi connectivity index (χ2v) is 9.15. The van der Waals surface area contributed by atoms with Crippen molar-refractivity contribution in [2.75, 3.05) is 26.2 Å². The predicted molar refractivity (Wildman–Crippen MR) is 126 cm³/mol. The number of piperazine rings is 1.